The first-order chi connectivity index (χ1) is 8.34. The number of alkyl halides is 1. The summed E-state index contributed by atoms with van der Waals surface area (Å²) in [7, 11) is -3.28. The van der Waals surface area contributed by atoms with E-state index >= 15 is 0 Å². The summed E-state index contributed by atoms with van der Waals surface area (Å²) in [5.74, 6) is 1.27. The minimum absolute atomic E-state index is 0.0158. The van der Waals surface area contributed by atoms with Crippen molar-refractivity contribution in [1.82, 2.24) is 4.98 Å². The molecule has 0 spiro atoms. The van der Waals surface area contributed by atoms with E-state index in [0.29, 0.717) is 17.6 Å². The molecule has 0 radical (unpaired) electrons. The molecule has 0 aliphatic carbocycles. The molecule has 1 unspecified atom stereocenters. The van der Waals surface area contributed by atoms with E-state index in [1.807, 2.05) is 0 Å². The van der Waals surface area contributed by atoms with E-state index in [9.17, 15) is 8.42 Å². The van der Waals surface area contributed by atoms with Crippen LogP contribution in [-0.2, 0) is 9.84 Å². The van der Waals surface area contributed by atoms with Gasteiger partial charge in [-0.1, -0.05) is 13.8 Å². The molecule has 0 saturated carbocycles. The number of aromatic nitrogens is 1. The van der Waals surface area contributed by atoms with Crippen LogP contribution in [0.5, 0.6) is 0 Å². The number of nitrogens with one attached hydrogen (secondary N) is 1. The molecule has 1 atom stereocenters. The molecule has 1 aromatic rings. The van der Waals surface area contributed by atoms with E-state index in [1.54, 1.807) is 18.3 Å². The third-order valence-electron chi connectivity index (χ3n) is 2.45. The second-order valence-corrected chi connectivity index (χ2v) is 7.04. The molecule has 102 valence electrons. The van der Waals surface area contributed by atoms with Crippen LogP contribution in [0.3, 0.4) is 0 Å². The molecule has 0 saturated heterocycles. The van der Waals surface area contributed by atoms with Crippen molar-refractivity contribution in [1.29, 1.82) is 0 Å². The molecule has 4 nitrogen and oxygen atoms in total. The van der Waals surface area contributed by atoms with Gasteiger partial charge in [-0.2, -0.15) is 0 Å². The number of nitrogens with zero attached hydrogens (tertiary/aromatic N) is 1. The zero-order valence-corrected chi connectivity index (χ0v) is 12.4. The Morgan fingerprint density at radius 1 is 1.44 bits per heavy atom. The molecule has 1 rings (SSSR count). The summed E-state index contributed by atoms with van der Waals surface area (Å²) in [5.41, 5.74) is 0. The van der Waals surface area contributed by atoms with Gasteiger partial charge in [-0.05, 0) is 24.5 Å². The Morgan fingerprint density at radius 3 is 2.61 bits per heavy atom. The SMILES string of the molecule is CC(C)CC(CCl)Nc1ncccc1S(C)(=O)=O. The van der Waals surface area contributed by atoms with Gasteiger partial charge in [0, 0.05) is 24.4 Å². The normalized spacial score (nSPS) is 13.6. The van der Waals surface area contributed by atoms with E-state index in [2.05, 4.69) is 24.1 Å². The number of rotatable bonds is 6. The Balaban J connectivity index is 2.96. The van der Waals surface area contributed by atoms with Crippen LogP contribution in [0.4, 0.5) is 5.82 Å². The van der Waals surface area contributed by atoms with Gasteiger partial charge >= 0.3 is 0 Å². The average Bonchev–Trinajstić information content (AvgIpc) is 2.26. The smallest absolute Gasteiger partial charge is 0.179 e. The van der Waals surface area contributed by atoms with Gasteiger partial charge in [0.2, 0.25) is 0 Å². The minimum Gasteiger partial charge on any atom is -0.365 e. The Labute approximate surface area is 114 Å². The lowest BCUT2D eigenvalue weighted by Crippen LogP contribution is -2.25. The predicted molar refractivity (Wildman–Crippen MR) is 74.9 cm³/mol. The Morgan fingerprint density at radius 2 is 2.11 bits per heavy atom. The maximum Gasteiger partial charge on any atom is 0.179 e. The molecule has 6 heteroatoms. The Bertz CT molecular complexity index is 489. The number of halogens is 1. The molecule has 18 heavy (non-hydrogen) atoms. The maximum atomic E-state index is 11.6. The van der Waals surface area contributed by atoms with Gasteiger partial charge < -0.3 is 5.32 Å². The number of pyridine rings is 1. The van der Waals surface area contributed by atoms with Crippen molar-refractivity contribution in [3.63, 3.8) is 0 Å². The molecule has 1 heterocycles. The van der Waals surface area contributed by atoms with Gasteiger partial charge in [-0.15, -0.1) is 11.6 Å². The summed E-state index contributed by atoms with van der Waals surface area (Å²) >= 11 is 5.89. The van der Waals surface area contributed by atoms with E-state index in [4.69, 9.17) is 11.6 Å². The summed E-state index contributed by atoms with van der Waals surface area (Å²) in [4.78, 5) is 4.30. The summed E-state index contributed by atoms with van der Waals surface area (Å²) in [6.45, 7) is 4.19. The summed E-state index contributed by atoms with van der Waals surface area (Å²) in [6, 6.07) is 3.17. The van der Waals surface area contributed by atoms with Crippen LogP contribution in [0, 0.1) is 5.92 Å². The van der Waals surface area contributed by atoms with Gasteiger partial charge in [0.25, 0.3) is 0 Å². The Kier molecular flexibility index (Phi) is 5.41. The van der Waals surface area contributed by atoms with Crippen molar-refractivity contribution < 1.29 is 8.42 Å². The summed E-state index contributed by atoms with van der Waals surface area (Å²) < 4.78 is 23.3. The zero-order valence-electron chi connectivity index (χ0n) is 10.9. The van der Waals surface area contributed by atoms with Crippen LogP contribution in [0.2, 0.25) is 0 Å². The van der Waals surface area contributed by atoms with E-state index in [1.165, 1.54) is 6.26 Å². The first kappa shape index (κ1) is 15.2. The Hall–Kier alpha value is -0.810. The summed E-state index contributed by atoms with van der Waals surface area (Å²) in [6.07, 6.45) is 3.61. The molecule has 0 amide bonds. The first-order valence-corrected chi connectivity index (χ1v) is 8.24. The van der Waals surface area contributed by atoms with Gasteiger partial charge in [0.05, 0.1) is 0 Å². The van der Waals surface area contributed by atoms with Crippen molar-refractivity contribution in [2.45, 2.75) is 31.2 Å². The highest BCUT2D eigenvalue weighted by Gasteiger charge is 2.17. The monoisotopic (exact) mass is 290 g/mol. The fourth-order valence-corrected chi connectivity index (χ4v) is 2.71. The summed E-state index contributed by atoms with van der Waals surface area (Å²) in [5, 5.41) is 3.11. The third-order valence-corrected chi connectivity index (χ3v) is 3.95. The minimum atomic E-state index is -3.28. The van der Waals surface area contributed by atoms with Gasteiger partial charge in [0.15, 0.2) is 9.84 Å². The van der Waals surface area contributed by atoms with Gasteiger partial charge in [0.1, 0.15) is 10.7 Å². The predicted octanol–water partition coefficient (Wildman–Crippen LogP) is 2.55. The van der Waals surface area contributed by atoms with Crippen LogP contribution < -0.4 is 5.32 Å². The van der Waals surface area contributed by atoms with Crippen molar-refractivity contribution in [2.24, 2.45) is 5.92 Å². The molecule has 0 aromatic carbocycles. The molecule has 0 fully saturated rings. The van der Waals surface area contributed by atoms with Crippen molar-refractivity contribution in [2.75, 3.05) is 17.5 Å². The van der Waals surface area contributed by atoms with Crippen LogP contribution in [0.1, 0.15) is 20.3 Å². The molecule has 0 bridgehead atoms. The molecule has 0 aliphatic rings. The average molecular weight is 291 g/mol. The number of hydrogen-bond donors (Lipinski definition) is 1. The van der Waals surface area contributed by atoms with Crippen LogP contribution in [0.25, 0.3) is 0 Å². The van der Waals surface area contributed by atoms with Gasteiger partial charge in [-0.25, -0.2) is 13.4 Å². The highest BCUT2D eigenvalue weighted by molar-refractivity contribution is 7.90. The van der Waals surface area contributed by atoms with Gasteiger partial charge in [-0.3, -0.25) is 0 Å². The quantitative estimate of drug-likeness (QED) is 0.818. The fourth-order valence-electron chi connectivity index (χ4n) is 1.72. The second kappa shape index (κ2) is 6.38. The van der Waals surface area contributed by atoms with E-state index in [-0.39, 0.29) is 10.9 Å². The number of anilines is 1. The highest BCUT2D eigenvalue weighted by atomic mass is 35.5. The lowest BCUT2D eigenvalue weighted by molar-refractivity contribution is 0.540. The highest BCUT2D eigenvalue weighted by Crippen LogP contribution is 2.20. The van der Waals surface area contributed by atoms with Crippen LogP contribution in [-0.4, -0.2) is 31.6 Å². The maximum absolute atomic E-state index is 11.6. The van der Waals surface area contributed by atoms with Crippen LogP contribution in [0.15, 0.2) is 23.2 Å². The molecule has 1 N–H and O–H groups in total. The topological polar surface area (TPSA) is 59.1 Å². The molecule has 0 aliphatic heterocycles. The fraction of sp³-hybridized carbons (Fsp3) is 0.583. The largest absolute Gasteiger partial charge is 0.365 e. The lowest BCUT2D eigenvalue weighted by atomic mass is 10.1. The molecule has 1 aromatic heterocycles. The zero-order chi connectivity index (χ0) is 13.8. The van der Waals surface area contributed by atoms with E-state index in [0.717, 1.165) is 6.42 Å². The van der Waals surface area contributed by atoms with Crippen LogP contribution >= 0.6 is 11.6 Å². The second-order valence-electron chi connectivity index (χ2n) is 4.75. The standard InChI is InChI=1S/C12H19ClN2O2S/c1-9(2)7-10(8-13)15-12-11(18(3,16)17)5-4-6-14-12/h4-6,9-10H,7-8H2,1-3H3,(H,14,15). The van der Waals surface area contributed by atoms with Crippen molar-refractivity contribution in [3.8, 4) is 0 Å². The van der Waals surface area contributed by atoms with Crippen molar-refractivity contribution in [3.05, 3.63) is 18.3 Å². The van der Waals surface area contributed by atoms with Crippen molar-refractivity contribution >= 4 is 27.3 Å². The lowest BCUT2D eigenvalue weighted by Gasteiger charge is -2.19. The number of sulfone groups is 1. The molecular formula is C12H19ClN2O2S. The van der Waals surface area contributed by atoms with E-state index < -0.39 is 9.84 Å². The number of hydrogen-bond acceptors (Lipinski definition) is 4. The third kappa shape index (κ3) is 4.46. The first-order valence-electron chi connectivity index (χ1n) is 5.82. The molecular weight excluding hydrogens is 272 g/mol.